The summed E-state index contributed by atoms with van der Waals surface area (Å²) in [5.74, 6) is -0.391. The van der Waals surface area contributed by atoms with Crippen LogP contribution in [-0.4, -0.2) is 28.2 Å². The van der Waals surface area contributed by atoms with Crippen molar-refractivity contribution in [2.45, 2.75) is 33.3 Å². The van der Waals surface area contributed by atoms with E-state index in [4.69, 9.17) is 14.4 Å². The molecule has 0 aliphatic carbocycles. The minimum atomic E-state index is -1.08. The molecule has 0 fully saturated rings. The SMILES string of the molecule is Cc1cc(CC(=O)Nc2cc(C(=O)O)ccc2OC(C)C)no1. The van der Waals surface area contributed by atoms with Crippen LogP contribution in [0.3, 0.4) is 0 Å². The van der Waals surface area contributed by atoms with Gasteiger partial charge in [0, 0.05) is 6.07 Å². The summed E-state index contributed by atoms with van der Waals surface area (Å²) in [6.45, 7) is 5.42. The van der Waals surface area contributed by atoms with Gasteiger partial charge in [-0.2, -0.15) is 0 Å². The van der Waals surface area contributed by atoms with Crippen LogP contribution in [0.2, 0.25) is 0 Å². The summed E-state index contributed by atoms with van der Waals surface area (Å²) in [6, 6.07) is 5.99. The van der Waals surface area contributed by atoms with E-state index in [0.29, 0.717) is 22.9 Å². The van der Waals surface area contributed by atoms with Crippen LogP contribution in [0.5, 0.6) is 5.75 Å². The van der Waals surface area contributed by atoms with E-state index in [9.17, 15) is 9.59 Å². The second kappa shape index (κ2) is 6.95. The Morgan fingerprint density at radius 2 is 2.09 bits per heavy atom. The maximum absolute atomic E-state index is 12.1. The first-order valence-corrected chi connectivity index (χ1v) is 7.11. The number of carbonyl (C=O) groups is 2. The van der Waals surface area contributed by atoms with Crippen LogP contribution in [0.25, 0.3) is 0 Å². The van der Waals surface area contributed by atoms with Gasteiger partial charge in [0.2, 0.25) is 5.91 Å². The summed E-state index contributed by atoms with van der Waals surface area (Å²) in [6.07, 6.45) is -0.0880. The molecule has 1 amide bonds. The molecule has 0 radical (unpaired) electrons. The fraction of sp³-hybridized carbons (Fsp3) is 0.312. The zero-order valence-corrected chi connectivity index (χ0v) is 13.1. The highest BCUT2D eigenvalue weighted by Crippen LogP contribution is 2.27. The van der Waals surface area contributed by atoms with Crippen LogP contribution in [0.15, 0.2) is 28.8 Å². The number of carboxylic acids is 1. The highest BCUT2D eigenvalue weighted by molar-refractivity contribution is 5.96. The van der Waals surface area contributed by atoms with Crippen molar-refractivity contribution in [3.05, 3.63) is 41.3 Å². The van der Waals surface area contributed by atoms with Gasteiger partial charge in [-0.05, 0) is 39.0 Å². The Labute approximate surface area is 133 Å². The van der Waals surface area contributed by atoms with Gasteiger partial charge in [0.15, 0.2) is 0 Å². The first-order valence-electron chi connectivity index (χ1n) is 7.11. The van der Waals surface area contributed by atoms with Crippen molar-refractivity contribution in [1.29, 1.82) is 0 Å². The second-order valence-corrected chi connectivity index (χ2v) is 5.34. The summed E-state index contributed by atoms with van der Waals surface area (Å²) < 4.78 is 10.5. The molecule has 0 aliphatic heterocycles. The third kappa shape index (κ3) is 4.57. The van der Waals surface area contributed by atoms with E-state index < -0.39 is 5.97 Å². The van der Waals surface area contributed by atoms with Crippen LogP contribution in [0.1, 0.15) is 35.7 Å². The Balaban J connectivity index is 2.19. The number of ether oxygens (including phenoxy) is 1. The lowest BCUT2D eigenvalue weighted by Gasteiger charge is -2.15. The van der Waals surface area contributed by atoms with Crippen molar-refractivity contribution in [2.24, 2.45) is 0 Å². The first-order chi connectivity index (χ1) is 10.8. The van der Waals surface area contributed by atoms with Gasteiger partial charge in [0.05, 0.1) is 29.5 Å². The molecule has 23 heavy (non-hydrogen) atoms. The molecule has 2 N–H and O–H groups in total. The van der Waals surface area contributed by atoms with Gasteiger partial charge in [-0.3, -0.25) is 4.79 Å². The average Bonchev–Trinajstić information content (AvgIpc) is 2.85. The molecule has 7 nitrogen and oxygen atoms in total. The highest BCUT2D eigenvalue weighted by Gasteiger charge is 2.14. The van der Waals surface area contributed by atoms with Gasteiger partial charge in [-0.25, -0.2) is 4.79 Å². The van der Waals surface area contributed by atoms with Crippen molar-refractivity contribution >= 4 is 17.6 Å². The molecule has 1 aromatic heterocycles. The Kier molecular flexibility index (Phi) is 5.00. The molecule has 1 heterocycles. The van der Waals surface area contributed by atoms with Gasteiger partial charge in [-0.15, -0.1) is 0 Å². The summed E-state index contributed by atoms with van der Waals surface area (Å²) in [4.78, 5) is 23.2. The minimum Gasteiger partial charge on any atom is -0.489 e. The molecule has 0 bridgehead atoms. The predicted molar refractivity (Wildman–Crippen MR) is 82.7 cm³/mol. The lowest BCUT2D eigenvalue weighted by atomic mass is 10.1. The van der Waals surface area contributed by atoms with Crippen LogP contribution >= 0.6 is 0 Å². The van der Waals surface area contributed by atoms with Gasteiger partial charge in [0.25, 0.3) is 0 Å². The fourth-order valence-corrected chi connectivity index (χ4v) is 1.98. The number of aromatic nitrogens is 1. The van der Waals surface area contributed by atoms with Crippen LogP contribution < -0.4 is 10.1 Å². The van der Waals surface area contributed by atoms with Crippen molar-refractivity contribution in [2.75, 3.05) is 5.32 Å². The zero-order chi connectivity index (χ0) is 17.0. The maximum atomic E-state index is 12.1. The van der Waals surface area contributed by atoms with Crippen LogP contribution in [-0.2, 0) is 11.2 Å². The topological polar surface area (TPSA) is 102 Å². The molecule has 0 spiro atoms. The summed E-state index contributed by atoms with van der Waals surface area (Å²) in [5, 5.41) is 15.5. The van der Waals surface area contributed by atoms with Gasteiger partial charge in [-0.1, -0.05) is 5.16 Å². The van der Waals surface area contributed by atoms with Crippen molar-refractivity contribution < 1.29 is 24.0 Å². The number of anilines is 1. The highest BCUT2D eigenvalue weighted by atomic mass is 16.5. The van der Waals surface area contributed by atoms with E-state index in [2.05, 4.69) is 10.5 Å². The smallest absolute Gasteiger partial charge is 0.335 e. The third-order valence-electron chi connectivity index (χ3n) is 2.88. The van der Waals surface area contributed by atoms with Gasteiger partial charge >= 0.3 is 5.97 Å². The number of carboxylic acid groups (broad SMARTS) is 1. The van der Waals surface area contributed by atoms with E-state index >= 15 is 0 Å². The number of aryl methyl sites for hydroxylation is 1. The quantitative estimate of drug-likeness (QED) is 0.849. The van der Waals surface area contributed by atoms with Crippen molar-refractivity contribution in [3.8, 4) is 5.75 Å². The largest absolute Gasteiger partial charge is 0.489 e. The van der Waals surface area contributed by atoms with Gasteiger partial charge < -0.3 is 19.7 Å². The Morgan fingerprint density at radius 3 is 2.65 bits per heavy atom. The number of benzene rings is 1. The number of rotatable bonds is 6. The first kappa shape index (κ1) is 16.5. The predicted octanol–water partition coefficient (Wildman–Crippen LogP) is 2.65. The van der Waals surface area contributed by atoms with E-state index in [1.165, 1.54) is 18.2 Å². The minimum absolute atomic E-state index is 0.0236. The number of hydrogen-bond donors (Lipinski definition) is 2. The number of amides is 1. The van der Waals surface area contributed by atoms with E-state index in [1.807, 2.05) is 13.8 Å². The van der Waals surface area contributed by atoms with Crippen LogP contribution in [0, 0.1) is 6.92 Å². The fourth-order valence-electron chi connectivity index (χ4n) is 1.98. The summed E-state index contributed by atoms with van der Waals surface area (Å²) >= 11 is 0. The molecular weight excluding hydrogens is 300 g/mol. The van der Waals surface area contributed by atoms with E-state index in [0.717, 1.165) is 0 Å². The van der Waals surface area contributed by atoms with Gasteiger partial charge in [0.1, 0.15) is 11.5 Å². The Bertz CT molecular complexity index is 721. The van der Waals surface area contributed by atoms with E-state index in [-0.39, 0.29) is 24.0 Å². The van der Waals surface area contributed by atoms with Crippen molar-refractivity contribution in [3.63, 3.8) is 0 Å². The molecule has 2 aromatic rings. The molecule has 7 heteroatoms. The second-order valence-electron chi connectivity index (χ2n) is 5.34. The maximum Gasteiger partial charge on any atom is 0.335 e. The molecular formula is C16H18N2O5. The van der Waals surface area contributed by atoms with Crippen LogP contribution in [0.4, 0.5) is 5.69 Å². The number of hydrogen-bond acceptors (Lipinski definition) is 5. The monoisotopic (exact) mass is 318 g/mol. The molecule has 0 saturated carbocycles. The Morgan fingerprint density at radius 1 is 1.35 bits per heavy atom. The number of nitrogens with zero attached hydrogens (tertiary/aromatic N) is 1. The molecule has 2 rings (SSSR count). The lowest BCUT2D eigenvalue weighted by Crippen LogP contribution is -2.17. The van der Waals surface area contributed by atoms with E-state index in [1.54, 1.807) is 13.0 Å². The molecule has 0 unspecified atom stereocenters. The number of carbonyl (C=O) groups excluding carboxylic acids is 1. The molecule has 0 atom stereocenters. The molecule has 1 aromatic carbocycles. The molecule has 0 saturated heterocycles. The molecule has 0 aliphatic rings. The lowest BCUT2D eigenvalue weighted by molar-refractivity contribution is -0.115. The zero-order valence-electron chi connectivity index (χ0n) is 13.1. The Hall–Kier alpha value is -2.83. The molecule has 122 valence electrons. The van der Waals surface area contributed by atoms with Crippen molar-refractivity contribution in [1.82, 2.24) is 5.16 Å². The standard InChI is InChI=1S/C16H18N2O5/c1-9(2)22-14-5-4-11(16(20)21)7-13(14)17-15(19)8-12-6-10(3)23-18-12/h4-7,9H,8H2,1-3H3,(H,17,19)(H,20,21). The average molecular weight is 318 g/mol. The summed E-state index contributed by atoms with van der Waals surface area (Å²) in [5.41, 5.74) is 0.873. The number of nitrogens with one attached hydrogen (secondary N) is 1. The summed E-state index contributed by atoms with van der Waals surface area (Å²) in [7, 11) is 0. The number of aromatic carboxylic acids is 1. The third-order valence-corrected chi connectivity index (χ3v) is 2.88. The normalized spacial score (nSPS) is 10.6.